The van der Waals surface area contributed by atoms with E-state index in [1.54, 1.807) is 6.07 Å². The van der Waals surface area contributed by atoms with Crippen molar-refractivity contribution in [2.45, 2.75) is 18.5 Å². The number of rotatable bonds is 5. The predicted octanol–water partition coefficient (Wildman–Crippen LogP) is 5.74. The summed E-state index contributed by atoms with van der Waals surface area (Å²) in [7, 11) is 0. The number of ether oxygens (including phenoxy) is 1. The maximum Gasteiger partial charge on any atom is 0.124 e. The van der Waals surface area contributed by atoms with E-state index < -0.39 is 0 Å². The Kier molecular flexibility index (Phi) is 5.85. The molecular formula is C15H12BrCl2FO. The molecule has 106 valence electrons. The highest BCUT2D eigenvalue weighted by atomic mass is 79.9. The van der Waals surface area contributed by atoms with Crippen LogP contribution in [0.3, 0.4) is 0 Å². The van der Waals surface area contributed by atoms with Gasteiger partial charge in [0.25, 0.3) is 0 Å². The molecule has 2 rings (SSSR count). The number of hydrogen-bond donors (Lipinski definition) is 0. The molecule has 5 heteroatoms. The largest absolute Gasteiger partial charge is 0.372 e. The van der Waals surface area contributed by atoms with Gasteiger partial charge in [-0.1, -0.05) is 51.3 Å². The van der Waals surface area contributed by atoms with Crippen molar-refractivity contribution in [2.75, 3.05) is 0 Å². The highest BCUT2D eigenvalue weighted by Crippen LogP contribution is 2.21. The SMILES string of the molecule is Fc1ccc(COCc2ccc(Cl)cc2CBr)c(Cl)c1. The first-order valence-corrected chi connectivity index (χ1v) is 7.83. The zero-order chi connectivity index (χ0) is 14.5. The zero-order valence-electron chi connectivity index (χ0n) is 10.5. The molecule has 0 bridgehead atoms. The summed E-state index contributed by atoms with van der Waals surface area (Å²) in [6.45, 7) is 0.787. The zero-order valence-corrected chi connectivity index (χ0v) is 13.6. The minimum Gasteiger partial charge on any atom is -0.372 e. The van der Waals surface area contributed by atoms with Crippen molar-refractivity contribution in [2.24, 2.45) is 0 Å². The number of halogens is 4. The second-order valence-electron chi connectivity index (χ2n) is 4.28. The molecule has 0 radical (unpaired) electrons. The normalized spacial score (nSPS) is 10.8. The lowest BCUT2D eigenvalue weighted by atomic mass is 10.1. The lowest BCUT2D eigenvalue weighted by molar-refractivity contribution is 0.107. The molecule has 0 heterocycles. The van der Waals surface area contributed by atoms with Crippen LogP contribution in [0.15, 0.2) is 36.4 Å². The van der Waals surface area contributed by atoms with E-state index >= 15 is 0 Å². The summed E-state index contributed by atoms with van der Waals surface area (Å²) in [6, 6.07) is 9.95. The first-order valence-electron chi connectivity index (χ1n) is 5.95. The maximum atomic E-state index is 12.9. The van der Waals surface area contributed by atoms with E-state index in [0.29, 0.717) is 28.6 Å². The summed E-state index contributed by atoms with van der Waals surface area (Å²) < 4.78 is 18.6. The van der Waals surface area contributed by atoms with E-state index in [2.05, 4.69) is 15.9 Å². The van der Waals surface area contributed by atoms with Crippen LogP contribution in [0.1, 0.15) is 16.7 Å². The van der Waals surface area contributed by atoms with Crippen LogP contribution >= 0.6 is 39.1 Å². The van der Waals surface area contributed by atoms with Gasteiger partial charge in [-0.15, -0.1) is 0 Å². The standard InChI is InChI=1S/C15H12BrCl2FO/c16-7-12-5-13(17)3-1-10(12)8-20-9-11-2-4-14(19)6-15(11)18/h1-6H,7-9H2. The minimum absolute atomic E-state index is 0.337. The number of hydrogen-bond acceptors (Lipinski definition) is 1. The van der Waals surface area contributed by atoms with Crippen LogP contribution in [0.25, 0.3) is 0 Å². The average Bonchev–Trinajstić information content (AvgIpc) is 2.42. The van der Waals surface area contributed by atoms with E-state index in [1.165, 1.54) is 12.1 Å². The monoisotopic (exact) mass is 376 g/mol. The summed E-state index contributed by atoms with van der Waals surface area (Å²) in [4.78, 5) is 0. The highest BCUT2D eigenvalue weighted by Gasteiger charge is 2.05. The molecule has 0 aliphatic rings. The molecule has 0 saturated heterocycles. The van der Waals surface area contributed by atoms with Gasteiger partial charge >= 0.3 is 0 Å². The molecule has 0 atom stereocenters. The lowest BCUT2D eigenvalue weighted by Crippen LogP contribution is -1.98. The lowest BCUT2D eigenvalue weighted by Gasteiger charge is -2.10. The molecule has 0 saturated carbocycles. The molecule has 1 nitrogen and oxygen atoms in total. The molecule has 0 unspecified atom stereocenters. The maximum absolute atomic E-state index is 12.9. The van der Waals surface area contributed by atoms with E-state index in [0.717, 1.165) is 16.7 Å². The molecule has 0 aliphatic heterocycles. The number of benzene rings is 2. The van der Waals surface area contributed by atoms with Gasteiger partial charge in [0, 0.05) is 15.4 Å². The van der Waals surface area contributed by atoms with Gasteiger partial charge in [0.1, 0.15) is 5.82 Å². The van der Waals surface area contributed by atoms with E-state index in [-0.39, 0.29) is 5.82 Å². The Bertz CT molecular complexity index is 604. The Morgan fingerprint density at radius 2 is 1.65 bits per heavy atom. The van der Waals surface area contributed by atoms with Crippen LogP contribution in [0.5, 0.6) is 0 Å². The Hall–Kier alpha value is -0.610. The average molecular weight is 378 g/mol. The molecule has 0 spiro atoms. The minimum atomic E-state index is -0.349. The van der Waals surface area contributed by atoms with Gasteiger partial charge in [-0.05, 0) is 41.0 Å². The van der Waals surface area contributed by atoms with Crippen molar-refractivity contribution < 1.29 is 9.13 Å². The topological polar surface area (TPSA) is 9.23 Å². The highest BCUT2D eigenvalue weighted by molar-refractivity contribution is 9.08. The van der Waals surface area contributed by atoms with Gasteiger partial charge in [0.15, 0.2) is 0 Å². The molecule has 0 aliphatic carbocycles. The van der Waals surface area contributed by atoms with Gasteiger partial charge in [-0.25, -0.2) is 4.39 Å². The van der Waals surface area contributed by atoms with Gasteiger partial charge in [0.05, 0.1) is 13.2 Å². The molecule has 2 aromatic carbocycles. The van der Waals surface area contributed by atoms with Crippen LogP contribution < -0.4 is 0 Å². The van der Waals surface area contributed by atoms with Crippen LogP contribution in [0.4, 0.5) is 4.39 Å². The Balaban J connectivity index is 1.99. The van der Waals surface area contributed by atoms with Crippen LogP contribution in [-0.4, -0.2) is 0 Å². The van der Waals surface area contributed by atoms with E-state index in [9.17, 15) is 4.39 Å². The molecule has 20 heavy (non-hydrogen) atoms. The summed E-state index contributed by atoms with van der Waals surface area (Å²) in [6.07, 6.45) is 0. The van der Waals surface area contributed by atoms with Crippen LogP contribution in [0, 0.1) is 5.82 Å². The van der Waals surface area contributed by atoms with E-state index in [1.807, 2.05) is 18.2 Å². The Labute approximate surface area is 135 Å². The van der Waals surface area contributed by atoms with Crippen molar-refractivity contribution in [3.8, 4) is 0 Å². The van der Waals surface area contributed by atoms with Gasteiger partial charge < -0.3 is 4.74 Å². The first kappa shape index (κ1) is 15.8. The fourth-order valence-corrected chi connectivity index (χ4v) is 2.71. The Morgan fingerprint density at radius 1 is 0.950 bits per heavy atom. The van der Waals surface area contributed by atoms with Gasteiger partial charge in [-0.3, -0.25) is 0 Å². The van der Waals surface area contributed by atoms with Crippen molar-refractivity contribution >= 4 is 39.1 Å². The van der Waals surface area contributed by atoms with Gasteiger partial charge in [-0.2, -0.15) is 0 Å². The Morgan fingerprint density at radius 3 is 2.35 bits per heavy atom. The molecule has 0 fully saturated rings. The van der Waals surface area contributed by atoms with Crippen LogP contribution in [-0.2, 0) is 23.3 Å². The van der Waals surface area contributed by atoms with Crippen molar-refractivity contribution in [3.05, 3.63) is 69.0 Å². The summed E-state index contributed by atoms with van der Waals surface area (Å²) >= 11 is 15.3. The second kappa shape index (κ2) is 7.41. The van der Waals surface area contributed by atoms with Gasteiger partial charge in [0.2, 0.25) is 0 Å². The molecular weight excluding hydrogens is 366 g/mol. The quantitative estimate of drug-likeness (QED) is 0.603. The molecule has 0 aromatic heterocycles. The van der Waals surface area contributed by atoms with E-state index in [4.69, 9.17) is 27.9 Å². The third kappa shape index (κ3) is 4.19. The summed E-state index contributed by atoms with van der Waals surface area (Å²) in [5, 5.41) is 1.79. The molecule has 0 N–H and O–H groups in total. The third-order valence-corrected chi connectivity index (χ3v) is 4.03. The fraction of sp³-hybridized carbons (Fsp3) is 0.200. The van der Waals surface area contributed by atoms with Crippen molar-refractivity contribution in [1.29, 1.82) is 0 Å². The van der Waals surface area contributed by atoms with Crippen molar-refractivity contribution in [3.63, 3.8) is 0 Å². The third-order valence-electron chi connectivity index (χ3n) is 2.84. The fourth-order valence-electron chi connectivity index (χ4n) is 1.77. The smallest absolute Gasteiger partial charge is 0.124 e. The predicted molar refractivity (Wildman–Crippen MR) is 84.0 cm³/mol. The van der Waals surface area contributed by atoms with Crippen LogP contribution in [0.2, 0.25) is 10.0 Å². The second-order valence-corrected chi connectivity index (χ2v) is 5.68. The summed E-state index contributed by atoms with van der Waals surface area (Å²) in [5.41, 5.74) is 2.91. The number of alkyl halides is 1. The molecule has 0 amide bonds. The van der Waals surface area contributed by atoms with Crippen molar-refractivity contribution in [1.82, 2.24) is 0 Å². The molecule has 2 aromatic rings. The summed E-state index contributed by atoms with van der Waals surface area (Å²) in [5.74, 6) is -0.349. The first-order chi connectivity index (χ1) is 9.60.